The van der Waals surface area contributed by atoms with Crippen LogP contribution in [-0.2, 0) is 9.59 Å². The standard InChI is InChI=1S/C15H26N2O3/c1-2-6-15(7-8-16-10-15)14(20)17-9-11-4-3-5-12(11)13(18)19/h11-12,16H,2-10H2,1H3,(H,17,20)(H,18,19). The van der Waals surface area contributed by atoms with E-state index < -0.39 is 5.97 Å². The largest absolute Gasteiger partial charge is 0.481 e. The molecule has 1 amide bonds. The van der Waals surface area contributed by atoms with Gasteiger partial charge in [-0.25, -0.2) is 0 Å². The van der Waals surface area contributed by atoms with E-state index in [-0.39, 0.29) is 23.2 Å². The van der Waals surface area contributed by atoms with Gasteiger partial charge in [0.25, 0.3) is 0 Å². The molecule has 0 spiro atoms. The molecule has 3 unspecified atom stereocenters. The van der Waals surface area contributed by atoms with Crippen LogP contribution in [0.25, 0.3) is 0 Å². The van der Waals surface area contributed by atoms with Crippen molar-refractivity contribution >= 4 is 11.9 Å². The number of amides is 1. The molecule has 5 nitrogen and oxygen atoms in total. The van der Waals surface area contributed by atoms with Gasteiger partial charge in [-0.3, -0.25) is 9.59 Å². The van der Waals surface area contributed by atoms with Crippen molar-refractivity contribution in [1.29, 1.82) is 0 Å². The van der Waals surface area contributed by atoms with Gasteiger partial charge in [-0.2, -0.15) is 0 Å². The minimum absolute atomic E-state index is 0.101. The number of nitrogens with one attached hydrogen (secondary N) is 2. The van der Waals surface area contributed by atoms with Gasteiger partial charge in [-0.05, 0) is 38.1 Å². The van der Waals surface area contributed by atoms with Gasteiger partial charge < -0.3 is 15.7 Å². The van der Waals surface area contributed by atoms with Crippen LogP contribution in [0.2, 0.25) is 0 Å². The number of carbonyl (C=O) groups is 2. The fourth-order valence-corrected chi connectivity index (χ4v) is 3.76. The highest BCUT2D eigenvalue weighted by molar-refractivity contribution is 5.83. The summed E-state index contributed by atoms with van der Waals surface area (Å²) in [4.78, 5) is 23.6. The predicted octanol–water partition coefficient (Wildman–Crippen LogP) is 1.38. The second kappa shape index (κ2) is 6.57. The minimum atomic E-state index is -0.715. The summed E-state index contributed by atoms with van der Waals surface area (Å²) in [5.74, 6) is -0.781. The van der Waals surface area contributed by atoms with Gasteiger partial charge in [-0.1, -0.05) is 19.8 Å². The third-order valence-corrected chi connectivity index (χ3v) is 4.96. The molecule has 1 saturated heterocycles. The zero-order chi connectivity index (χ0) is 14.6. The fraction of sp³-hybridized carbons (Fsp3) is 0.867. The van der Waals surface area contributed by atoms with Crippen LogP contribution in [0.5, 0.6) is 0 Å². The van der Waals surface area contributed by atoms with Crippen LogP contribution in [0.3, 0.4) is 0 Å². The second-order valence-electron chi connectivity index (χ2n) is 6.30. The van der Waals surface area contributed by atoms with Gasteiger partial charge in [-0.15, -0.1) is 0 Å². The number of rotatable bonds is 6. The normalized spacial score (nSPS) is 33.2. The topological polar surface area (TPSA) is 78.4 Å². The molecular formula is C15H26N2O3. The van der Waals surface area contributed by atoms with E-state index in [2.05, 4.69) is 17.6 Å². The summed E-state index contributed by atoms with van der Waals surface area (Å²) in [5, 5.41) is 15.5. The number of aliphatic carboxylic acids is 1. The lowest BCUT2D eigenvalue weighted by Gasteiger charge is -2.27. The smallest absolute Gasteiger partial charge is 0.306 e. The first-order chi connectivity index (χ1) is 9.59. The summed E-state index contributed by atoms with van der Waals surface area (Å²) in [6.45, 7) is 4.26. The van der Waals surface area contributed by atoms with Crippen LogP contribution in [0, 0.1) is 17.3 Å². The zero-order valence-electron chi connectivity index (χ0n) is 12.3. The molecular weight excluding hydrogens is 256 g/mol. The molecule has 0 bridgehead atoms. The van der Waals surface area contributed by atoms with Crippen LogP contribution in [0.1, 0.15) is 45.4 Å². The van der Waals surface area contributed by atoms with E-state index in [4.69, 9.17) is 0 Å². The van der Waals surface area contributed by atoms with E-state index in [1.54, 1.807) is 0 Å². The zero-order valence-corrected chi connectivity index (χ0v) is 12.3. The Labute approximate surface area is 120 Å². The molecule has 20 heavy (non-hydrogen) atoms. The van der Waals surface area contributed by atoms with Gasteiger partial charge in [0, 0.05) is 13.1 Å². The Balaban J connectivity index is 1.89. The molecule has 3 N–H and O–H groups in total. The molecule has 114 valence electrons. The quantitative estimate of drug-likeness (QED) is 0.688. The van der Waals surface area contributed by atoms with Crippen molar-refractivity contribution < 1.29 is 14.7 Å². The third-order valence-electron chi connectivity index (χ3n) is 4.96. The molecule has 1 aliphatic carbocycles. The van der Waals surface area contributed by atoms with E-state index >= 15 is 0 Å². The van der Waals surface area contributed by atoms with E-state index in [1.807, 2.05) is 0 Å². The van der Waals surface area contributed by atoms with Crippen molar-refractivity contribution in [3.63, 3.8) is 0 Å². The molecule has 3 atom stereocenters. The van der Waals surface area contributed by atoms with E-state index in [1.165, 1.54) is 0 Å². The van der Waals surface area contributed by atoms with Crippen molar-refractivity contribution in [2.24, 2.45) is 17.3 Å². The van der Waals surface area contributed by atoms with Gasteiger partial charge in [0.1, 0.15) is 0 Å². The summed E-state index contributed by atoms with van der Waals surface area (Å²) >= 11 is 0. The van der Waals surface area contributed by atoms with Crippen molar-refractivity contribution in [1.82, 2.24) is 10.6 Å². The average Bonchev–Trinajstić information content (AvgIpc) is 3.05. The molecule has 0 aromatic carbocycles. The summed E-state index contributed by atoms with van der Waals surface area (Å²) in [5.41, 5.74) is -0.272. The first-order valence-electron chi connectivity index (χ1n) is 7.81. The first-order valence-corrected chi connectivity index (χ1v) is 7.81. The van der Waals surface area contributed by atoms with Crippen LogP contribution < -0.4 is 10.6 Å². The van der Waals surface area contributed by atoms with E-state index in [0.29, 0.717) is 6.54 Å². The lowest BCUT2D eigenvalue weighted by atomic mass is 9.81. The van der Waals surface area contributed by atoms with Crippen LogP contribution in [0.15, 0.2) is 0 Å². The molecule has 0 radical (unpaired) electrons. The summed E-state index contributed by atoms with van der Waals surface area (Å²) in [6.07, 6.45) is 5.40. The monoisotopic (exact) mass is 282 g/mol. The highest BCUT2D eigenvalue weighted by Gasteiger charge is 2.41. The Morgan fingerprint density at radius 3 is 2.80 bits per heavy atom. The Bertz CT molecular complexity index is 364. The number of hydrogen-bond acceptors (Lipinski definition) is 3. The van der Waals surface area contributed by atoms with Crippen molar-refractivity contribution in [2.45, 2.75) is 45.4 Å². The molecule has 2 fully saturated rings. The summed E-state index contributed by atoms with van der Waals surface area (Å²) in [6, 6.07) is 0. The Morgan fingerprint density at radius 1 is 1.40 bits per heavy atom. The molecule has 1 heterocycles. The molecule has 0 aromatic rings. The van der Waals surface area contributed by atoms with Crippen LogP contribution in [0.4, 0.5) is 0 Å². The van der Waals surface area contributed by atoms with E-state index in [9.17, 15) is 14.7 Å². The molecule has 1 aliphatic heterocycles. The maximum Gasteiger partial charge on any atom is 0.306 e. The average molecular weight is 282 g/mol. The second-order valence-corrected chi connectivity index (χ2v) is 6.30. The summed E-state index contributed by atoms with van der Waals surface area (Å²) in [7, 11) is 0. The van der Waals surface area contributed by atoms with Crippen LogP contribution >= 0.6 is 0 Å². The number of carboxylic acids is 1. The lowest BCUT2D eigenvalue weighted by Crippen LogP contribution is -2.44. The highest BCUT2D eigenvalue weighted by Crippen LogP contribution is 2.33. The number of hydrogen-bond donors (Lipinski definition) is 3. The van der Waals surface area contributed by atoms with Crippen LogP contribution in [-0.4, -0.2) is 36.6 Å². The first kappa shape index (κ1) is 15.3. The van der Waals surface area contributed by atoms with Gasteiger partial charge in [0.05, 0.1) is 11.3 Å². The van der Waals surface area contributed by atoms with Gasteiger partial charge in [0.15, 0.2) is 0 Å². The highest BCUT2D eigenvalue weighted by atomic mass is 16.4. The van der Waals surface area contributed by atoms with Crippen molar-refractivity contribution in [3.05, 3.63) is 0 Å². The third kappa shape index (κ3) is 3.14. The number of carboxylic acid groups (broad SMARTS) is 1. The molecule has 2 aliphatic rings. The van der Waals surface area contributed by atoms with Gasteiger partial charge in [0.2, 0.25) is 5.91 Å². The number of carbonyl (C=O) groups excluding carboxylic acids is 1. The Morgan fingerprint density at radius 2 is 2.20 bits per heavy atom. The minimum Gasteiger partial charge on any atom is -0.481 e. The molecule has 1 saturated carbocycles. The maximum atomic E-state index is 12.5. The fourth-order valence-electron chi connectivity index (χ4n) is 3.76. The summed E-state index contributed by atoms with van der Waals surface area (Å²) < 4.78 is 0. The predicted molar refractivity (Wildman–Crippen MR) is 76.3 cm³/mol. The SMILES string of the molecule is CCCC1(C(=O)NCC2CCCC2C(=O)O)CCNC1. The lowest BCUT2D eigenvalue weighted by molar-refractivity contribution is -0.143. The van der Waals surface area contributed by atoms with Crippen molar-refractivity contribution in [2.75, 3.05) is 19.6 Å². The molecule has 2 rings (SSSR count). The Kier molecular flexibility index (Phi) is 5.02. The molecule has 0 aromatic heterocycles. The Hall–Kier alpha value is -1.10. The molecule has 5 heteroatoms. The van der Waals surface area contributed by atoms with Crippen molar-refractivity contribution in [3.8, 4) is 0 Å². The van der Waals surface area contributed by atoms with E-state index in [0.717, 1.165) is 51.6 Å². The maximum absolute atomic E-state index is 12.5. The van der Waals surface area contributed by atoms with Gasteiger partial charge >= 0.3 is 5.97 Å².